The molecule has 0 radical (unpaired) electrons. The van der Waals surface area contributed by atoms with Gasteiger partial charge in [0.05, 0.1) is 0 Å². The molecule has 0 saturated carbocycles. The van der Waals surface area contributed by atoms with Crippen molar-refractivity contribution in [2.75, 3.05) is 6.61 Å². The van der Waals surface area contributed by atoms with Crippen LogP contribution in [0.5, 0.6) is 0 Å². The third-order valence-electron chi connectivity index (χ3n) is 1.24. The number of hydrogen-bond donors (Lipinski definition) is 1. The van der Waals surface area contributed by atoms with Crippen LogP contribution in [-0.4, -0.2) is 26.0 Å². The first-order valence-electron chi connectivity index (χ1n) is 3.88. The minimum atomic E-state index is -1.49. The van der Waals surface area contributed by atoms with Crippen molar-refractivity contribution in [2.24, 2.45) is 0 Å². The van der Waals surface area contributed by atoms with Gasteiger partial charge < -0.3 is 9.53 Å². The highest BCUT2D eigenvalue weighted by atomic mass is 28.4. The minimum absolute atomic E-state index is 0.216. The first-order chi connectivity index (χ1) is 5.33. The van der Waals surface area contributed by atoms with Gasteiger partial charge in [-0.25, -0.2) is 4.79 Å². The summed E-state index contributed by atoms with van der Waals surface area (Å²) in [6.07, 6.45) is 0.416. The number of carbonyl (C=O) groups is 1. The number of carboxylic acid groups (broad SMARTS) is 1. The molecule has 0 spiro atoms. The Bertz CT molecular complexity index is 181. The Morgan fingerprint density at radius 3 is 2.33 bits per heavy atom. The third-order valence-corrected chi connectivity index (χ3v) is 2.31. The van der Waals surface area contributed by atoms with Crippen LogP contribution in [0.2, 0.25) is 19.6 Å². The third kappa shape index (κ3) is 6.12. The van der Waals surface area contributed by atoms with Crippen molar-refractivity contribution in [3.8, 4) is 0 Å². The second-order valence-corrected chi connectivity index (χ2v) is 8.13. The van der Waals surface area contributed by atoms with Gasteiger partial charge in [-0.2, -0.15) is 0 Å². The van der Waals surface area contributed by atoms with E-state index in [-0.39, 0.29) is 5.57 Å². The number of hydrogen-bond acceptors (Lipinski definition) is 2. The second-order valence-electron chi connectivity index (χ2n) is 3.62. The number of aliphatic carboxylic acids is 1. The van der Waals surface area contributed by atoms with E-state index in [0.717, 1.165) is 0 Å². The molecule has 0 saturated heterocycles. The van der Waals surface area contributed by atoms with E-state index in [1.807, 2.05) is 0 Å². The Morgan fingerprint density at radius 1 is 1.50 bits per heavy atom. The summed E-state index contributed by atoms with van der Waals surface area (Å²) in [5.41, 5.74) is 0.216. The maximum atomic E-state index is 10.3. The molecule has 70 valence electrons. The van der Waals surface area contributed by atoms with Crippen LogP contribution in [-0.2, 0) is 9.22 Å². The van der Waals surface area contributed by atoms with E-state index in [2.05, 4.69) is 26.2 Å². The summed E-state index contributed by atoms with van der Waals surface area (Å²) >= 11 is 0. The lowest BCUT2D eigenvalue weighted by atomic mass is 10.2. The lowest BCUT2D eigenvalue weighted by Gasteiger charge is -2.16. The topological polar surface area (TPSA) is 46.5 Å². The van der Waals surface area contributed by atoms with Crippen LogP contribution in [0, 0.1) is 0 Å². The van der Waals surface area contributed by atoms with Gasteiger partial charge in [-0.1, -0.05) is 6.58 Å². The lowest BCUT2D eigenvalue weighted by Crippen LogP contribution is -2.26. The minimum Gasteiger partial charge on any atom is -0.478 e. The Kier molecular flexibility index (Phi) is 4.20. The molecule has 3 nitrogen and oxygen atoms in total. The van der Waals surface area contributed by atoms with E-state index in [4.69, 9.17) is 9.53 Å². The van der Waals surface area contributed by atoms with Gasteiger partial charge in [0.2, 0.25) is 0 Å². The Labute approximate surface area is 74.2 Å². The van der Waals surface area contributed by atoms with E-state index >= 15 is 0 Å². The molecule has 0 atom stereocenters. The summed E-state index contributed by atoms with van der Waals surface area (Å²) in [6.45, 7) is 10.1. The number of rotatable bonds is 5. The van der Waals surface area contributed by atoms with Crippen LogP contribution in [0.1, 0.15) is 6.42 Å². The van der Waals surface area contributed by atoms with Crippen LogP contribution in [0.25, 0.3) is 0 Å². The van der Waals surface area contributed by atoms with Gasteiger partial charge in [-0.05, 0) is 19.6 Å². The maximum Gasteiger partial charge on any atom is 0.331 e. The van der Waals surface area contributed by atoms with Crippen LogP contribution in [0.3, 0.4) is 0 Å². The fraction of sp³-hybridized carbons (Fsp3) is 0.625. The summed E-state index contributed by atoms with van der Waals surface area (Å²) in [7, 11) is -1.49. The molecular weight excluding hydrogens is 172 g/mol. The Hall–Kier alpha value is -0.613. The Balaban J connectivity index is 3.58. The molecule has 0 aliphatic carbocycles. The SMILES string of the molecule is C=C(CCO[Si](C)(C)C)C(=O)O. The van der Waals surface area contributed by atoms with Crippen LogP contribution in [0.15, 0.2) is 12.2 Å². The van der Waals surface area contributed by atoms with Gasteiger partial charge >= 0.3 is 5.97 Å². The molecule has 12 heavy (non-hydrogen) atoms. The van der Waals surface area contributed by atoms with Gasteiger partial charge in [0.15, 0.2) is 8.32 Å². The van der Waals surface area contributed by atoms with Crippen molar-refractivity contribution in [1.82, 2.24) is 0 Å². The first-order valence-corrected chi connectivity index (χ1v) is 7.29. The highest BCUT2D eigenvalue weighted by Gasteiger charge is 2.14. The highest BCUT2D eigenvalue weighted by Crippen LogP contribution is 2.05. The molecular formula is C8H16O3Si. The van der Waals surface area contributed by atoms with Crippen molar-refractivity contribution in [2.45, 2.75) is 26.1 Å². The van der Waals surface area contributed by atoms with Crippen LogP contribution < -0.4 is 0 Å². The van der Waals surface area contributed by atoms with Gasteiger partial charge in [0.25, 0.3) is 0 Å². The zero-order valence-corrected chi connectivity index (χ0v) is 8.89. The van der Waals surface area contributed by atoms with E-state index in [1.165, 1.54) is 0 Å². The van der Waals surface area contributed by atoms with Gasteiger partial charge in [0.1, 0.15) is 0 Å². The summed E-state index contributed by atoms with van der Waals surface area (Å²) < 4.78 is 5.46. The quantitative estimate of drug-likeness (QED) is 0.529. The molecule has 0 rings (SSSR count). The molecule has 0 aliphatic heterocycles. The standard InChI is InChI=1S/C8H16O3Si/c1-7(8(9)10)5-6-11-12(2,3)4/h1,5-6H2,2-4H3,(H,9,10). The van der Waals surface area contributed by atoms with E-state index in [0.29, 0.717) is 13.0 Å². The molecule has 0 heterocycles. The predicted octanol–water partition coefficient (Wildman–Crippen LogP) is 1.87. The highest BCUT2D eigenvalue weighted by molar-refractivity contribution is 6.69. The van der Waals surface area contributed by atoms with Crippen LogP contribution in [0.4, 0.5) is 0 Å². The normalized spacial score (nSPS) is 11.2. The largest absolute Gasteiger partial charge is 0.478 e. The van der Waals surface area contributed by atoms with Crippen molar-refractivity contribution >= 4 is 14.3 Å². The zero-order chi connectivity index (χ0) is 9.78. The summed E-state index contributed by atoms with van der Waals surface area (Å²) in [5, 5.41) is 8.47. The lowest BCUT2D eigenvalue weighted by molar-refractivity contribution is -0.132. The van der Waals surface area contributed by atoms with Crippen molar-refractivity contribution in [3.63, 3.8) is 0 Å². The maximum absolute atomic E-state index is 10.3. The summed E-state index contributed by atoms with van der Waals surface area (Å²) in [5.74, 6) is -0.936. The molecule has 4 heteroatoms. The van der Waals surface area contributed by atoms with E-state index in [9.17, 15) is 4.79 Å². The molecule has 0 fully saturated rings. The second kappa shape index (κ2) is 4.42. The molecule has 0 aromatic rings. The first kappa shape index (κ1) is 11.4. The summed E-state index contributed by atoms with van der Waals surface area (Å²) in [6, 6.07) is 0. The van der Waals surface area contributed by atoms with E-state index < -0.39 is 14.3 Å². The molecule has 0 aliphatic rings. The monoisotopic (exact) mass is 188 g/mol. The predicted molar refractivity (Wildman–Crippen MR) is 50.7 cm³/mol. The summed E-state index contributed by atoms with van der Waals surface area (Å²) in [4.78, 5) is 10.3. The average molecular weight is 188 g/mol. The average Bonchev–Trinajstić information content (AvgIpc) is 1.84. The molecule has 0 unspecified atom stereocenters. The van der Waals surface area contributed by atoms with Crippen molar-refractivity contribution in [3.05, 3.63) is 12.2 Å². The Morgan fingerprint density at radius 2 is 2.00 bits per heavy atom. The molecule has 0 aromatic heterocycles. The van der Waals surface area contributed by atoms with E-state index in [1.54, 1.807) is 0 Å². The smallest absolute Gasteiger partial charge is 0.331 e. The van der Waals surface area contributed by atoms with Crippen molar-refractivity contribution < 1.29 is 14.3 Å². The zero-order valence-electron chi connectivity index (χ0n) is 7.89. The van der Waals surface area contributed by atoms with Gasteiger partial charge in [-0.15, -0.1) is 0 Å². The number of carboxylic acids is 1. The molecule has 1 N–H and O–H groups in total. The van der Waals surface area contributed by atoms with Gasteiger partial charge in [-0.3, -0.25) is 0 Å². The molecule has 0 bridgehead atoms. The molecule has 0 amide bonds. The fourth-order valence-corrected chi connectivity index (χ4v) is 1.30. The fourth-order valence-electron chi connectivity index (χ4n) is 0.587. The van der Waals surface area contributed by atoms with Crippen LogP contribution >= 0.6 is 0 Å². The van der Waals surface area contributed by atoms with Gasteiger partial charge in [0, 0.05) is 18.6 Å². The molecule has 0 aromatic carbocycles. The van der Waals surface area contributed by atoms with Crippen molar-refractivity contribution in [1.29, 1.82) is 0 Å².